The summed E-state index contributed by atoms with van der Waals surface area (Å²) < 4.78 is 0. The van der Waals surface area contributed by atoms with E-state index in [4.69, 9.17) is 5.11 Å². The highest BCUT2D eigenvalue weighted by atomic mass is 16.4. The molecule has 0 spiro atoms. The van der Waals surface area contributed by atoms with E-state index in [-0.39, 0.29) is 31.4 Å². The summed E-state index contributed by atoms with van der Waals surface area (Å²) in [7, 11) is 3.25. The Bertz CT molecular complexity index is 562. The van der Waals surface area contributed by atoms with Crippen molar-refractivity contribution in [3.8, 4) is 0 Å². The van der Waals surface area contributed by atoms with Crippen molar-refractivity contribution in [2.24, 2.45) is 5.92 Å². The van der Waals surface area contributed by atoms with Crippen LogP contribution >= 0.6 is 0 Å². The number of urea groups is 1. The van der Waals surface area contributed by atoms with Crippen LogP contribution in [0.3, 0.4) is 0 Å². The van der Waals surface area contributed by atoms with Crippen molar-refractivity contribution in [1.29, 1.82) is 0 Å². The molecule has 0 bridgehead atoms. The molecule has 0 aliphatic carbocycles. The monoisotopic (exact) mass is 335 g/mol. The number of carbonyl (C=O) groups is 3. The van der Waals surface area contributed by atoms with Gasteiger partial charge in [-0.05, 0) is 5.56 Å². The van der Waals surface area contributed by atoms with Crippen LogP contribution in [0, 0.1) is 5.92 Å². The highest BCUT2D eigenvalue weighted by molar-refractivity contribution is 5.79. The van der Waals surface area contributed by atoms with Gasteiger partial charge in [-0.15, -0.1) is 0 Å². The molecular formula is C17H25N3O4. The van der Waals surface area contributed by atoms with Crippen LogP contribution in [0.5, 0.6) is 0 Å². The Hall–Kier alpha value is -2.57. The van der Waals surface area contributed by atoms with E-state index < -0.39 is 11.9 Å². The number of rotatable bonds is 8. The van der Waals surface area contributed by atoms with E-state index in [2.05, 4.69) is 5.32 Å². The molecule has 1 rings (SSSR count). The average molecular weight is 335 g/mol. The quantitative estimate of drug-likeness (QED) is 0.751. The molecule has 7 heteroatoms. The Kier molecular flexibility index (Phi) is 7.74. The second-order valence-electron chi connectivity index (χ2n) is 5.84. The lowest BCUT2D eigenvalue weighted by molar-refractivity contribution is -0.142. The first kappa shape index (κ1) is 19.5. The topological polar surface area (TPSA) is 90.0 Å². The van der Waals surface area contributed by atoms with Gasteiger partial charge in [0.1, 0.15) is 0 Å². The molecule has 7 nitrogen and oxygen atoms in total. The van der Waals surface area contributed by atoms with Crippen LogP contribution in [-0.4, -0.2) is 60.0 Å². The number of hydrogen-bond donors (Lipinski definition) is 2. The van der Waals surface area contributed by atoms with Crippen molar-refractivity contribution >= 4 is 17.9 Å². The summed E-state index contributed by atoms with van der Waals surface area (Å²) in [6, 6.07) is 9.35. The van der Waals surface area contributed by atoms with E-state index in [1.807, 2.05) is 30.3 Å². The Morgan fingerprint density at radius 3 is 2.33 bits per heavy atom. The second-order valence-corrected chi connectivity index (χ2v) is 5.84. The highest BCUT2D eigenvalue weighted by Crippen LogP contribution is 2.03. The molecule has 24 heavy (non-hydrogen) atoms. The molecule has 1 aromatic carbocycles. The predicted octanol–water partition coefficient (Wildman–Crippen LogP) is 1.40. The second kappa shape index (κ2) is 9.54. The third kappa shape index (κ3) is 6.68. The Balaban J connectivity index is 2.31. The van der Waals surface area contributed by atoms with Gasteiger partial charge >= 0.3 is 12.0 Å². The molecule has 0 heterocycles. The van der Waals surface area contributed by atoms with Crippen LogP contribution in [0.15, 0.2) is 30.3 Å². The lowest BCUT2D eigenvalue weighted by atomic mass is 10.1. The van der Waals surface area contributed by atoms with Gasteiger partial charge in [-0.1, -0.05) is 37.3 Å². The minimum atomic E-state index is -0.939. The number of amides is 3. The third-order valence-electron chi connectivity index (χ3n) is 3.62. The summed E-state index contributed by atoms with van der Waals surface area (Å²) in [5.74, 6) is -1.76. The van der Waals surface area contributed by atoms with Gasteiger partial charge in [0, 0.05) is 40.2 Å². The molecule has 0 saturated carbocycles. The molecule has 1 aromatic rings. The van der Waals surface area contributed by atoms with Crippen LogP contribution in [0.25, 0.3) is 0 Å². The van der Waals surface area contributed by atoms with Gasteiger partial charge in [-0.3, -0.25) is 9.59 Å². The smallest absolute Gasteiger partial charge is 0.317 e. The van der Waals surface area contributed by atoms with Crippen LogP contribution in [0.2, 0.25) is 0 Å². The van der Waals surface area contributed by atoms with E-state index in [9.17, 15) is 14.4 Å². The number of benzene rings is 1. The molecule has 3 amide bonds. The van der Waals surface area contributed by atoms with Gasteiger partial charge in [-0.2, -0.15) is 0 Å². The fourth-order valence-corrected chi connectivity index (χ4v) is 2.12. The van der Waals surface area contributed by atoms with Gasteiger partial charge in [-0.25, -0.2) is 4.79 Å². The van der Waals surface area contributed by atoms with Gasteiger partial charge in [0.25, 0.3) is 0 Å². The lowest BCUT2D eigenvalue weighted by Crippen LogP contribution is -2.40. The van der Waals surface area contributed by atoms with Crippen molar-refractivity contribution < 1.29 is 19.5 Å². The number of aliphatic carboxylic acids is 1. The minimum absolute atomic E-state index is 0.133. The number of nitrogens with one attached hydrogen (secondary N) is 1. The summed E-state index contributed by atoms with van der Waals surface area (Å²) in [4.78, 5) is 37.6. The first-order valence-corrected chi connectivity index (χ1v) is 7.81. The molecule has 0 aromatic heterocycles. The molecule has 2 N–H and O–H groups in total. The molecule has 0 aliphatic heterocycles. The molecule has 1 atom stereocenters. The molecular weight excluding hydrogens is 310 g/mol. The zero-order valence-corrected chi connectivity index (χ0v) is 14.4. The van der Waals surface area contributed by atoms with E-state index in [1.165, 1.54) is 9.80 Å². The summed E-state index contributed by atoms with van der Waals surface area (Å²) in [6.45, 7) is 2.39. The first-order chi connectivity index (χ1) is 11.3. The average Bonchev–Trinajstić information content (AvgIpc) is 2.55. The van der Waals surface area contributed by atoms with Crippen molar-refractivity contribution in [2.75, 3.05) is 27.2 Å². The summed E-state index contributed by atoms with van der Waals surface area (Å²) in [5, 5.41) is 11.5. The summed E-state index contributed by atoms with van der Waals surface area (Å²) in [5.41, 5.74) is 1.02. The maximum atomic E-state index is 12.0. The van der Waals surface area contributed by atoms with E-state index >= 15 is 0 Å². The number of carboxylic acids is 1. The standard InChI is InChI=1S/C17H25N3O4/c1-13(16(22)23)11-19(2)15(21)9-10-18-17(24)20(3)12-14-7-5-4-6-8-14/h4-8,13H,9-12H2,1-3H3,(H,18,24)(H,22,23). The van der Waals surface area contributed by atoms with Crippen LogP contribution in [0.4, 0.5) is 4.79 Å². The molecule has 1 unspecified atom stereocenters. The number of nitrogens with zero attached hydrogens (tertiary/aromatic N) is 2. The first-order valence-electron chi connectivity index (χ1n) is 7.81. The van der Waals surface area contributed by atoms with Gasteiger partial charge in [0.2, 0.25) is 5.91 Å². The molecule has 0 aliphatic rings. The fourth-order valence-electron chi connectivity index (χ4n) is 2.12. The summed E-state index contributed by atoms with van der Waals surface area (Å²) in [6.07, 6.45) is 0.133. The molecule has 132 valence electrons. The lowest BCUT2D eigenvalue weighted by Gasteiger charge is -2.21. The minimum Gasteiger partial charge on any atom is -0.481 e. The van der Waals surface area contributed by atoms with Crippen molar-refractivity contribution in [3.63, 3.8) is 0 Å². The SMILES string of the molecule is CC(CN(C)C(=O)CCNC(=O)N(C)Cc1ccccc1)C(=O)O. The van der Waals surface area contributed by atoms with Crippen molar-refractivity contribution in [3.05, 3.63) is 35.9 Å². The van der Waals surface area contributed by atoms with Crippen LogP contribution < -0.4 is 5.32 Å². The van der Waals surface area contributed by atoms with Gasteiger partial charge in [0.15, 0.2) is 0 Å². The van der Waals surface area contributed by atoms with Crippen LogP contribution in [0.1, 0.15) is 18.9 Å². The normalized spacial score (nSPS) is 11.5. The van der Waals surface area contributed by atoms with Crippen LogP contribution in [-0.2, 0) is 16.1 Å². The number of carboxylic acid groups (broad SMARTS) is 1. The maximum Gasteiger partial charge on any atom is 0.317 e. The third-order valence-corrected chi connectivity index (χ3v) is 3.62. The molecule has 0 fully saturated rings. The van der Waals surface area contributed by atoms with E-state index in [0.717, 1.165) is 5.56 Å². The zero-order valence-electron chi connectivity index (χ0n) is 14.4. The van der Waals surface area contributed by atoms with Crippen molar-refractivity contribution in [1.82, 2.24) is 15.1 Å². The number of hydrogen-bond acceptors (Lipinski definition) is 3. The highest BCUT2D eigenvalue weighted by Gasteiger charge is 2.17. The van der Waals surface area contributed by atoms with E-state index in [1.54, 1.807) is 21.0 Å². The van der Waals surface area contributed by atoms with Gasteiger partial charge in [0.05, 0.1) is 5.92 Å². The van der Waals surface area contributed by atoms with E-state index in [0.29, 0.717) is 6.54 Å². The zero-order chi connectivity index (χ0) is 18.1. The largest absolute Gasteiger partial charge is 0.481 e. The Morgan fingerprint density at radius 2 is 1.75 bits per heavy atom. The molecule has 0 saturated heterocycles. The predicted molar refractivity (Wildman–Crippen MR) is 90.4 cm³/mol. The van der Waals surface area contributed by atoms with Crippen molar-refractivity contribution in [2.45, 2.75) is 19.9 Å². The number of carbonyl (C=O) groups excluding carboxylic acids is 2. The Morgan fingerprint density at radius 1 is 1.12 bits per heavy atom. The maximum absolute atomic E-state index is 12.0. The van der Waals surface area contributed by atoms with Gasteiger partial charge < -0.3 is 20.2 Å². The molecule has 0 radical (unpaired) electrons. The fraction of sp³-hybridized carbons (Fsp3) is 0.471. The summed E-state index contributed by atoms with van der Waals surface area (Å²) >= 11 is 0. The Labute approximate surface area is 142 Å².